The summed E-state index contributed by atoms with van der Waals surface area (Å²) in [5.74, 6) is -0.643. The summed E-state index contributed by atoms with van der Waals surface area (Å²) in [6.07, 6.45) is 1.65. The van der Waals surface area contributed by atoms with Gasteiger partial charge in [0, 0.05) is 11.9 Å². The van der Waals surface area contributed by atoms with Crippen LogP contribution in [0.15, 0.2) is 71.4 Å². The van der Waals surface area contributed by atoms with Crippen molar-refractivity contribution in [2.24, 2.45) is 10.2 Å². The molecular formula is C22H22N4O4. The third kappa shape index (κ3) is 4.91. The zero-order chi connectivity index (χ0) is 21.5. The molecule has 0 bridgehead atoms. The van der Waals surface area contributed by atoms with E-state index in [1.165, 1.54) is 0 Å². The molecule has 2 amide bonds. The highest BCUT2D eigenvalue weighted by Gasteiger charge is 2.16. The van der Waals surface area contributed by atoms with Crippen molar-refractivity contribution in [3.05, 3.63) is 66.7 Å². The number of fused-ring (bicyclic) bond motifs is 1. The highest BCUT2D eigenvalue weighted by atomic mass is 16.5. The molecule has 0 aliphatic carbocycles. The predicted molar refractivity (Wildman–Crippen MR) is 113 cm³/mol. The number of hydrogen-bond donors (Lipinski definition) is 2. The number of azo groups is 1. The molecule has 1 heterocycles. The number of nitrogens with zero attached hydrogens (tertiary/aromatic N) is 3. The Morgan fingerprint density at radius 1 is 1.23 bits per heavy atom. The normalized spacial score (nSPS) is 11.0. The van der Waals surface area contributed by atoms with Gasteiger partial charge >= 0.3 is 0 Å². The second-order valence-electron chi connectivity index (χ2n) is 6.56. The van der Waals surface area contributed by atoms with Crippen LogP contribution in [0.1, 0.15) is 5.56 Å². The lowest BCUT2D eigenvalue weighted by Gasteiger charge is -2.06. The van der Waals surface area contributed by atoms with Gasteiger partial charge < -0.3 is 19.7 Å². The van der Waals surface area contributed by atoms with Crippen LogP contribution in [0.5, 0.6) is 11.6 Å². The van der Waals surface area contributed by atoms with Crippen molar-refractivity contribution in [3.8, 4) is 11.6 Å². The zero-order valence-electron chi connectivity index (χ0n) is 16.5. The molecule has 1 aromatic heterocycles. The number of aromatic nitrogens is 1. The van der Waals surface area contributed by atoms with Crippen LogP contribution in [0.3, 0.4) is 0 Å². The SMILES string of the molecule is C=CCn1c(O)c(N=NC(=O)CNC(=O)COc2cccc(C)c2)c2ccccc21. The molecule has 3 aromatic rings. The Bertz CT molecular complexity index is 1120. The molecule has 0 fully saturated rings. The molecule has 0 saturated heterocycles. The molecule has 0 atom stereocenters. The number of amides is 2. The molecule has 154 valence electrons. The van der Waals surface area contributed by atoms with Crippen LogP contribution in [0.4, 0.5) is 5.69 Å². The molecule has 3 rings (SSSR count). The van der Waals surface area contributed by atoms with Crippen LogP contribution >= 0.6 is 0 Å². The fourth-order valence-corrected chi connectivity index (χ4v) is 2.90. The number of benzene rings is 2. The highest BCUT2D eigenvalue weighted by molar-refractivity contribution is 5.95. The van der Waals surface area contributed by atoms with E-state index in [1.54, 1.807) is 28.8 Å². The summed E-state index contributed by atoms with van der Waals surface area (Å²) in [6, 6.07) is 14.5. The number of para-hydroxylation sites is 1. The Morgan fingerprint density at radius 2 is 2.03 bits per heavy atom. The fourth-order valence-electron chi connectivity index (χ4n) is 2.90. The molecule has 2 aromatic carbocycles. The van der Waals surface area contributed by atoms with Crippen molar-refractivity contribution in [2.75, 3.05) is 13.2 Å². The quantitative estimate of drug-likeness (QED) is 0.440. The van der Waals surface area contributed by atoms with E-state index in [9.17, 15) is 14.7 Å². The van der Waals surface area contributed by atoms with Gasteiger partial charge in [0.05, 0.1) is 5.52 Å². The Balaban J connectivity index is 1.59. The highest BCUT2D eigenvalue weighted by Crippen LogP contribution is 2.38. The Labute approximate surface area is 173 Å². The van der Waals surface area contributed by atoms with Crippen molar-refractivity contribution in [1.29, 1.82) is 0 Å². The molecule has 8 nitrogen and oxygen atoms in total. The number of carbonyl (C=O) groups excluding carboxylic acids is 2. The largest absolute Gasteiger partial charge is 0.493 e. The minimum Gasteiger partial charge on any atom is -0.493 e. The van der Waals surface area contributed by atoms with Crippen LogP contribution in [-0.2, 0) is 16.1 Å². The van der Waals surface area contributed by atoms with E-state index in [4.69, 9.17) is 4.74 Å². The number of allylic oxidation sites excluding steroid dienone is 1. The van der Waals surface area contributed by atoms with E-state index in [2.05, 4.69) is 22.1 Å². The standard InChI is InChI=1S/C22H22N4O4/c1-3-11-26-18-10-5-4-9-17(18)21(22(26)29)25-24-19(27)13-23-20(28)14-30-16-8-6-7-15(2)12-16/h3-10,12,29H,1,11,13-14H2,2H3,(H,23,28). The van der Waals surface area contributed by atoms with E-state index in [1.807, 2.05) is 37.3 Å². The molecule has 0 aliphatic rings. The van der Waals surface area contributed by atoms with Gasteiger partial charge in [-0.15, -0.1) is 16.8 Å². The van der Waals surface area contributed by atoms with Gasteiger partial charge in [-0.1, -0.05) is 36.4 Å². The summed E-state index contributed by atoms with van der Waals surface area (Å²) in [5, 5.41) is 21.0. The minimum atomic E-state index is -0.654. The Kier molecular flexibility index (Phi) is 6.59. The average molecular weight is 406 g/mol. The smallest absolute Gasteiger partial charge is 0.283 e. The van der Waals surface area contributed by atoms with Gasteiger partial charge in [-0.3, -0.25) is 9.59 Å². The van der Waals surface area contributed by atoms with Crippen LogP contribution in [-0.4, -0.2) is 34.6 Å². The minimum absolute atomic E-state index is 0.108. The summed E-state index contributed by atoms with van der Waals surface area (Å²) in [4.78, 5) is 23.9. The molecule has 0 saturated carbocycles. The third-order valence-electron chi connectivity index (χ3n) is 4.29. The molecule has 0 spiro atoms. The first-order valence-corrected chi connectivity index (χ1v) is 9.31. The number of aromatic hydroxyl groups is 1. The van der Waals surface area contributed by atoms with Gasteiger partial charge in [0.2, 0.25) is 5.88 Å². The monoisotopic (exact) mass is 406 g/mol. The first-order chi connectivity index (χ1) is 14.5. The summed E-state index contributed by atoms with van der Waals surface area (Å²) >= 11 is 0. The van der Waals surface area contributed by atoms with Crippen LogP contribution in [0.2, 0.25) is 0 Å². The van der Waals surface area contributed by atoms with Crippen molar-refractivity contribution in [1.82, 2.24) is 9.88 Å². The van der Waals surface area contributed by atoms with E-state index >= 15 is 0 Å². The molecule has 30 heavy (non-hydrogen) atoms. The number of ether oxygens (including phenoxy) is 1. The predicted octanol–water partition coefficient (Wildman–Crippen LogP) is 3.65. The number of hydrogen-bond acceptors (Lipinski definition) is 5. The first-order valence-electron chi connectivity index (χ1n) is 9.31. The van der Waals surface area contributed by atoms with E-state index in [0.29, 0.717) is 17.7 Å². The van der Waals surface area contributed by atoms with Crippen molar-refractivity contribution in [3.63, 3.8) is 0 Å². The van der Waals surface area contributed by atoms with Crippen molar-refractivity contribution in [2.45, 2.75) is 13.5 Å². The summed E-state index contributed by atoms with van der Waals surface area (Å²) in [5.41, 5.74) is 1.95. The number of rotatable bonds is 8. The van der Waals surface area contributed by atoms with Gasteiger partial charge in [-0.05, 0) is 30.7 Å². The molecular weight excluding hydrogens is 384 g/mol. The summed E-state index contributed by atoms with van der Waals surface area (Å²) in [7, 11) is 0. The maximum absolute atomic E-state index is 12.0. The number of aryl methyl sites for hydroxylation is 1. The van der Waals surface area contributed by atoms with Gasteiger partial charge in [-0.2, -0.15) is 0 Å². The lowest BCUT2D eigenvalue weighted by Crippen LogP contribution is -2.32. The van der Waals surface area contributed by atoms with Crippen LogP contribution in [0, 0.1) is 6.92 Å². The summed E-state index contributed by atoms with van der Waals surface area (Å²) < 4.78 is 7.00. The van der Waals surface area contributed by atoms with Gasteiger partial charge in [0.15, 0.2) is 12.3 Å². The molecule has 0 unspecified atom stereocenters. The fraction of sp³-hybridized carbons (Fsp3) is 0.182. The topological polar surface area (TPSA) is 105 Å². The lowest BCUT2D eigenvalue weighted by atomic mass is 10.2. The number of carbonyl (C=O) groups is 2. The third-order valence-corrected chi connectivity index (χ3v) is 4.29. The molecule has 2 N–H and O–H groups in total. The maximum Gasteiger partial charge on any atom is 0.283 e. The Morgan fingerprint density at radius 3 is 2.80 bits per heavy atom. The second-order valence-corrected chi connectivity index (χ2v) is 6.56. The molecule has 0 aliphatic heterocycles. The summed E-state index contributed by atoms with van der Waals surface area (Å²) in [6.45, 7) is 5.43. The van der Waals surface area contributed by atoms with E-state index in [0.717, 1.165) is 11.1 Å². The maximum atomic E-state index is 12.0. The lowest BCUT2D eigenvalue weighted by molar-refractivity contribution is -0.126. The molecule has 8 heteroatoms. The van der Waals surface area contributed by atoms with Gasteiger partial charge in [0.25, 0.3) is 11.8 Å². The van der Waals surface area contributed by atoms with E-state index < -0.39 is 11.8 Å². The van der Waals surface area contributed by atoms with Gasteiger partial charge in [-0.25, -0.2) is 0 Å². The Hall–Kier alpha value is -3.94. The van der Waals surface area contributed by atoms with Crippen LogP contribution in [0.25, 0.3) is 10.9 Å². The molecule has 0 radical (unpaired) electrons. The average Bonchev–Trinajstić information content (AvgIpc) is 3.01. The van der Waals surface area contributed by atoms with Crippen molar-refractivity contribution >= 4 is 28.4 Å². The first kappa shape index (κ1) is 20.8. The zero-order valence-corrected chi connectivity index (χ0v) is 16.5. The number of nitrogens with one attached hydrogen (secondary N) is 1. The second kappa shape index (κ2) is 9.51. The van der Waals surface area contributed by atoms with E-state index in [-0.39, 0.29) is 24.7 Å². The van der Waals surface area contributed by atoms with Crippen LogP contribution < -0.4 is 10.1 Å². The van der Waals surface area contributed by atoms with Gasteiger partial charge in [0.1, 0.15) is 12.3 Å². The van der Waals surface area contributed by atoms with Crippen molar-refractivity contribution < 1.29 is 19.4 Å².